The standard InChI is InChI=1S/C22H26ClFN2O3/c1-4-15(2)25-22(28)16(3)26(13-17-5-7-18(23)8-6-17)21(27)14-29-20-11-9-19(24)10-12-20/h5-12,15-16H,4,13-14H2,1-3H3,(H,25,28)/t15-,16-/m1/s1. The van der Waals surface area contributed by atoms with Gasteiger partial charge in [-0.15, -0.1) is 0 Å². The number of ether oxygens (including phenoxy) is 1. The minimum atomic E-state index is -0.691. The van der Waals surface area contributed by atoms with E-state index < -0.39 is 6.04 Å². The van der Waals surface area contributed by atoms with E-state index in [0.717, 1.165) is 12.0 Å². The highest BCUT2D eigenvalue weighted by molar-refractivity contribution is 6.30. The SMILES string of the molecule is CC[C@@H](C)NC(=O)[C@@H](C)N(Cc1ccc(Cl)cc1)C(=O)COc1ccc(F)cc1. The van der Waals surface area contributed by atoms with Gasteiger partial charge in [-0.1, -0.05) is 30.7 Å². The summed E-state index contributed by atoms with van der Waals surface area (Å²) in [5.74, 6) is -0.592. The molecule has 156 valence electrons. The summed E-state index contributed by atoms with van der Waals surface area (Å²) in [7, 11) is 0. The molecule has 0 aliphatic heterocycles. The van der Waals surface area contributed by atoms with Crippen LogP contribution in [0, 0.1) is 5.82 Å². The fraction of sp³-hybridized carbons (Fsp3) is 0.364. The van der Waals surface area contributed by atoms with Gasteiger partial charge >= 0.3 is 0 Å². The molecule has 0 saturated heterocycles. The average Bonchev–Trinajstić information content (AvgIpc) is 2.72. The normalized spacial score (nSPS) is 12.7. The van der Waals surface area contributed by atoms with Gasteiger partial charge in [-0.2, -0.15) is 0 Å². The van der Waals surface area contributed by atoms with Gasteiger partial charge in [0.2, 0.25) is 5.91 Å². The van der Waals surface area contributed by atoms with Crippen molar-refractivity contribution < 1.29 is 18.7 Å². The third-order valence-electron chi connectivity index (χ3n) is 4.61. The minimum absolute atomic E-state index is 0.00731. The van der Waals surface area contributed by atoms with Crippen LogP contribution in [0.5, 0.6) is 5.75 Å². The van der Waals surface area contributed by atoms with E-state index in [1.54, 1.807) is 19.1 Å². The largest absolute Gasteiger partial charge is 0.484 e. The molecule has 2 aromatic carbocycles. The first-order chi connectivity index (χ1) is 13.8. The molecule has 2 aromatic rings. The Labute approximate surface area is 175 Å². The molecule has 29 heavy (non-hydrogen) atoms. The summed E-state index contributed by atoms with van der Waals surface area (Å²) < 4.78 is 18.5. The number of rotatable bonds is 9. The van der Waals surface area contributed by atoms with E-state index in [2.05, 4.69) is 5.32 Å². The van der Waals surface area contributed by atoms with Crippen LogP contribution in [0.4, 0.5) is 4.39 Å². The third-order valence-corrected chi connectivity index (χ3v) is 4.86. The molecule has 0 radical (unpaired) electrons. The lowest BCUT2D eigenvalue weighted by atomic mass is 10.1. The van der Waals surface area contributed by atoms with Crippen LogP contribution in [0.25, 0.3) is 0 Å². The lowest BCUT2D eigenvalue weighted by Gasteiger charge is -2.29. The van der Waals surface area contributed by atoms with E-state index in [4.69, 9.17) is 16.3 Å². The molecule has 0 aliphatic carbocycles. The molecule has 0 aliphatic rings. The van der Waals surface area contributed by atoms with Gasteiger partial charge in [0.15, 0.2) is 6.61 Å². The topological polar surface area (TPSA) is 58.6 Å². The molecule has 2 amide bonds. The van der Waals surface area contributed by atoms with Crippen LogP contribution in [0.15, 0.2) is 48.5 Å². The lowest BCUT2D eigenvalue weighted by molar-refractivity contribution is -0.142. The van der Waals surface area contributed by atoms with Crippen LogP contribution >= 0.6 is 11.6 Å². The maximum Gasteiger partial charge on any atom is 0.261 e. The third kappa shape index (κ3) is 7.06. The zero-order valence-electron chi connectivity index (χ0n) is 16.8. The number of nitrogens with one attached hydrogen (secondary N) is 1. The maximum atomic E-state index is 13.0. The smallest absolute Gasteiger partial charge is 0.261 e. The summed E-state index contributed by atoms with van der Waals surface area (Å²) >= 11 is 5.93. The average molecular weight is 421 g/mol. The zero-order chi connectivity index (χ0) is 21.4. The van der Waals surface area contributed by atoms with Crippen molar-refractivity contribution in [2.75, 3.05) is 6.61 Å². The molecular weight excluding hydrogens is 395 g/mol. The highest BCUT2D eigenvalue weighted by Crippen LogP contribution is 2.15. The Hall–Kier alpha value is -2.60. The number of amides is 2. The summed E-state index contributed by atoms with van der Waals surface area (Å²) in [6.07, 6.45) is 0.789. The summed E-state index contributed by atoms with van der Waals surface area (Å²) in [5.41, 5.74) is 0.840. The van der Waals surface area contributed by atoms with Crippen molar-refractivity contribution in [1.29, 1.82) is 0 Å². The minimum Gasteiger partial charge on any atom is -0.484 e. The fourth-order valence-electron chi connectivity index (χ4n) is 2.59. The Kier molecular flexibility index (Phi) is 8.46. The second kappa shape index (κ2) is 10.8. The Morgan fingerprint density at radius 2 is 1.72 bits per heavy atom. The van der Waals surface area contributed by atoms with Gasteiger partial charge in [-0.25, -0.2) is 4.39 Å². The zero-order valence-corrected chi connectivity index (χ0v) is 17.6. The monoisotopic (exact) mass is 420 g/mol. The van der Waals surface area contributed by atoms with Crippen LogP contribution in [-0.4, -0.2) is 35.4 Å². The number of carbonyl (C=O) groups excluding carboxylic acids is 2. The molecule has 0 unspecified atom stereocenters. The Bertz CT molecular complexity index is 812. The van der Waals surface area contributed by atoms with E-state index in [9.17, 15) is 14.0 Å². The predicted molar refractivity (Wildman–Crippen MR) is 111 cm³/mol. The highest BCUT2D eigenvalue weighted by atomic mass is 35.5. The van der Waals surface area contributed by atoms with Crippen molar-refractivity contribution in [3.05, 3.63) is 64.9 Å². The molecule has 0 aromatic heterocycles. The first kappa shape index (κ1) is 22.7. The van der Waals surface area contributed by atoms with Crippen LogP contribution in [0.3, 0.4) is 0 Å². The number of hydrogen-bond acceptors (Lipinski definition) is 3. The Morgan fingerprint density at radius 3 is 2.31 bits per heavy atom. The number of carbonyl (C=O) groups is 2. The molecule has 2 rings (SSSR count). The van der Waals surface area contributed by atoms with Gasteiger partial charge in [0.1, 0.15) is 17.6 Å². The summed E-state index contributed by atoms with van der Waals surface area (Å²) in [6.45, 7) is 5.54. The van der Waals surface area contributed by atoms with Crippen LogP contribution < -0.4 is 10.1 Å². The highest BCUT2D eigenvalue weighted by Gasteiger charge is 2.27. The Morgan fingerprint density at radius 1 is 1.10 bits per heavy atom. The molecule has 7 heteroatoms. The van der Waals surface area contributed by atoms with E-state index in [1.807, 2.05) is 26.0 Å². The van der Waals surface area contributed by atoms with E-state index in [1.165, 1.54) is 29.2 Å². The number of benzene rings is 2. The number of halogens is 2. The fourth-order valence-corrected chi connectivity index (χ4v) is 2.72. The van der Waals surface area contributed by atoms with Gasteiger partial charge in [0.25, 0.3) is 5.91 Å². The quantitative estimate of drug-likeness (QED) is 0.661. The van der Waals surface area contributed by atoms with Crippen LogP contribution in [-0.2, 0) is 16.1 Å². The summed E-state index contributed by atoms with van der Waals surface area (Å²) in [6, 6.07) is 11.8. The van der Waals surface area contributed by atoms with Gasteiger partial charge in [0.05, 0.1) is 0 Å². The molecule has 0 bridgehead atoms. The number of nitrogens with zero attached hydrogens (tertiary/aromatic N) is 1. The molecule has 1 N–H and O–H groups in total. The van der Waals surface area contributed by atoms with E-state index in [0.29, 0.717) is 10.8 Å². The van der Waals surface area contributed by atoms with Gasteiger partial charge in [-0.3, -0.25) is 9.59 Å². The van der Waals surface area contributed by atoms with Crippen molar-refractivity contribution in [2.45, 2.75) is 45.8 Å². The molecule has 0 saturated carbocycles. The van der Waals surface area contributed by atoms with Crippen molar-refractivity contribution in [2.24, 2.45) is 0 Å². The second-order valence-electron chi connectivity index (χ2n) is 6.88. The molecule has 2 atom stereocenters. The molecular formula is C22H26ClFN2O3. The molecule has 0 fully saturated rings. The van der Waals surface area contributed by atoms with E-state index in [-0.39, 0.29) is 36.8 Å². The number of hydrogen-bond donors (Lipinski definition) is 1. The van der Waals surface area contributed by atoms with Crippen molar-refractivity contribution in [1.82, 2.24) is 10.2 Å². The van der Waals surface area contributed by atoms with Crippen molar-refractivity contribution >= 4 is 23.4 Å². The first-order valence-corrected chi connectivity index (χ1v) is 9.90. The molecule has 0 spiro atoms. The van der Waals surface area contributed by atoms with Crippen LogP contribution in [0.2, 0.25) is 5.02 Å². The lowest BCUT2D eigenvalue weighted by Crippen LogP contribution is -2.50. The second-order valence-corrected chi connectivity index (χ2v) is 7.32. The van der Waals surface area contributed by atoms with E-state index >= 15 is 0 Å². The van der Waals surface area contributed by atoms with Gasteiger partial charge in [-0.05, 0) is 62.2 Å². The van der Waals surface area contributed by atoms with Gasteiger partial charge < -0.3 is 15.0 Å². The predicted octanol–water partition coefficient (Wildman–Crippen LogP) is 4.19. The summed E-state index contributed by atoms with van der Waals surface area (Å²) in [5, 5.41) is 3.49. The molecule has 5 nitrogen and oxygen atoms in total. The van der Waals surface area contributed by atoms with Gasteiger partial charge in [0, 0.05) is 17.6 Å². The first-order valence-electron chi connectivity index (χ1n) is 9.52. The maximum absolute atomic E-state index is 13.0. The summed E-state index contributed by atoms with van der Waals surface area (Å²) in [4.78, 5) is 26.9. The van der Waals surface area contributed by atoms with Crippen LogP contribution in [0.1, 0.15) is 32.8 Å². The van der Waals surface area contributed by atoms with Crippen molar-refractivity contribution in [3.8, 4) is 5.75 Å². The Balaban J connectivity index is 2.13. The molecule has 0 heterocycles. The van der Waals surface area contributed by atoms with Crippen molar-refractivity contribution in [3.63, 3.8) is 0 Å².